The number of ether oxygens (including phenoxy) is 1. The fraction of sp³-hybridized carbons (Fsp3) is 0.500. The lowest BCUT2D eigenvalue weighted by molar-refractivity contribution is 0.0586. The van der Waals surface area contributed by atoms with Gasteiger partial charge in [-0.3, -0.25) is 9.59 Å². The summed E-state index contributed by atoms with van der Waals surface area (Å²) in [6.45, 7) is 3.60. The Kier molecular flexibility index (Phi) is 6.57. The Morgan fingerprint density at radius 3 is 2.48 bits per heavy atom. The van der Waals surface area contributed by atoms with Gasteiger partial charge < -0.3 is 14.2 Å². The summed E-state index contributed by atoms with van der Waals surface area (Å²) in [4.78, 5) is 41.1. The third-order valence-corrected chi connectivity index (χ3v) is 6.77. The van der Waals surface area contributed by atoms with E-state index in [0.29, 0.717) is 27.4 Å². The lowest BCUT2D eigenvalue weighted by Crippen LogP contribution is -2.44. The van der Waals surface area contributed by atoms with Crippen molar-refractivity contribution in [3.63, 3.8) is 0 Å². The predicted molar refractivity (Wildman–Crippen MR) is 113 cm³/mol. The molecule has 0 unspecified atom stereocenters. The summed E-state index contributed by atoms with van der Waals surface area (Å²) < 4.78 is 6.57. The molecule has 7 heteroatoms. The highest BCUT2D eigenvalue weighted by Crippen LogP contribution is 2.27. The number of esters is 1. The number of thiophene rings is 1. The van der Waals surface area contributed by atoms with Crippen LogP contribution >= 0.6 is 11.3 Å². The van der Waals surface area contributed by atoms with Crippen LogP contribution in [0.1, 0.15) is 73.9 Å². The number of ketones is 1. The number of amides is 1. The van der Waals surface area contributed by atoms with E-state index in [1.165, 1.54) is 24.9 Å². The number of nitrogens with zero attached hydrogens (tertiary/aromatic N) is 2. The Bertz CT molecular complexity index is 908. The van der Waals surface area contributed by atoms with E-state index in [0.717, 1.165) is 25.7 Å². The number of hydrogen-bond donors (Lipinski definition) is 0. The summed E-state index contributed by atoms with van der Waals surface area (Å²) in [5, 5.41) is 1.88. The van der Waals surface area contributed by atoms with Gasteiger partial charge in [0.2, 0.25) is 0 Å². The highest BCUT2D eigenvalue weighted by molar-refractivity contribution is 7.12. The summed E-state index contributed by atoms with van der Waals surface area (Å²) in [5.41, 5.74) is 2.20. The first kappa shape index (κ1) is 21.3. The average molecular weight is 417 g/mol. The molecule has 2 aromatic heterocycles. The van der Waals surface area contributed by atoms with Crippen molar-refractivity contribution in [3.05, 3.63) is 44.9 Å². The third-order valence-electron chi connectivity index (χ3n) is 5.91. The molecular formula is C22H28N2O4S. The molecule has 1 aliphatic carbocycles. The van der Waals surface area contributed by atoms with E-state index < -0.39 is 5.97 Å². The summed E-state index contributed by atoms with van der Waals surface area (Å²) >= 11 is 1.40. The Hall–Kier alpha value is -2.41. The lowest BCUT2D eigenvalue weighted by Gasteiger charge is -2.33. The fourth-order valence-corrected chi connectivity index (χ4v) is 4.99. The lowest BCUT2D eigenvalue weighted by atomic mass is 9.93. The van der Waals surface area contributed by atoms with E-state index >= 15 is 0 Å². The Morgan fingerprint density at radius 1 is 1.21 bits per heavy atom. The molecule has 0 saturated heterocycles. The molecule has 1 aliphatic rings. The van der Waals surface area contributed by atoms with Crippen LogP contribution in [0.4, 0.5) is 0 Å². The molecular weight excluding hydrogens is 388 g/mol. The van der Waals surface area contributed by atoms with Crippen molar-refractivity contribution in [2.24, 2.45) is 7.05 Å². The largest absolute Gasteiger partial charge is 0.464 e. The van der Waals surface area contributed by atoms with Crippen molar-refractivity contribution < 1.29 is 19.1 Å². The first-order chi connectivity index (χ1) is 13.9. The molecule has 156 valence electrons. The smallest absolute Gasteiger partial charge is 0.354 e. The number of aromatic nitrogens is 1. The number of rotatable bonds is 6. The third kappa shape index (κ3) is 4.15. The van der Waals surface area contributed by atoms with Crippen molar-refractivity contribution in [2.45, 2.75) is 52.0 Å². The van der Waals surface area contributed by atoms with Gasteiger partial charge in [0, 0.05) is 24.3 Å². The van der Waals surface area contributed by atoms with Gasteiger partial charge >= 0.3 is 5.97 Å². The van der Waals surface area contributed by atoms with Gasteiger partial charge in [-0.05, 0) is 43.7 Å². The van der Waals surface area contributed by atoms with E-state index in [-0.39, 0.29) is 24.3 Å². The van der Waals surface area contributed by atoms with Crippen LogP contribution in [0.25, 0.3) is 0 Å². The van der Waals surface area contributed by atoms with Crippen LogP contribution in [0.15, 0.2) is 17.5 Å². The molecule has 6 nitrogen and oxygen atoms in total. The van der Waals surface area contributed by atoms with Crippen molar-refractivity contribution in [1.82, 2.24) is 9.47 Å². The zero-order chi connectivity index (χ0) is 21.1. The number of hydrogen-bond acceptors (Lipinski definition) is 5. The van der Waals surface area contributed by atoms with E-state index in [9.17, 15) is 14.4 Å². The van der Waals surface area contributed by atoms with Crippen molar-refractivity contribution >= 4 is 29.0 Å². The van der Waals surface area contributed by atoms with E-state index in [1.54, 1.807) is 23.4 Å². The monoisotopic (exact) mass is 416 g/mol. The van der Waals surface area contributed by atoms with Crippen LogP contribution in [-0.2, 0) is 11.8 Å². The number of Topliss-reactive ketones (excluding diaryl/α,β-unsaturated/α-hetero) is 1. The molecule has 2 aromatic rings. The predicted octanol–water partition coefficient (Wildman–Crippen LogP) is 4.15. The van der Waals surface area contributed by atoms with Crippen LogP contribution in [0, 0.1) is 13.8 Å². The van der Waals surface area contributed by atoms with Gasteiger partial charge in [0.1, 0.15) is 5.69 Å². The van der Waals surface area contributed by atoms with Gasteiger partial charge in [0.05, 0.1) is 18.5 Å². The Balaban J connectivity index is 1.93. The molecule has 0 bridgehead atoms. The van der Waals surface area contributed by atoms with Crippen LogP contribution in [0.5, 0.6) is 0 Å². The quantitative estimate of drug-likeness (QED) is 0.524. The molecule has 2 heterocycles. The maximum Gasteiger partial charge on any atom is 0.354 e. The molecule has 0 aliphatic heterocycles. The van der Waals surface area contributed by atoms with Crippen LogP contribution in [-0.4, -0.2) is 46.8 Å². The molecule has 3 rings (SSSR count). The molecule has 1 fully saturated rings. The molecule has 0 atom stereocenters. The standard InChI is InChI=1S/C22H28N2O4S/c1-14-19(15(2)23(3)20(14)22(27)28-4)17(25)13-24(16-9-6-5-7-10-16)21(26)18-11-8-12-29-18/h8,11-12,16H,5-7,9-10,13H2,1-4H3. The first-order valence-corrected chi connectivity index (χ1v) is 10.9. The summed E-state index contributed by atoms with van der Waals surface area (Å²) in [5.74, 6) is -0.688. The van der Waals surface area contributed by atoms with Crippen molar-refractivity contribution in [1.29, 1.82) is 0 Å². The SMILES string of the molecule is COC(=O)c1c(C)c(C(=O)CN(C(=O)c2cccs2)C2CCCCC2)c(C)n1C. The summed E-state index contributed by atoms with van der Waals surface area (Å²) in [6.07, 6.45) is 5.16. The number of methoxy groups -OCH3 is 1. The molecule has 1 saturated carbocycles. The van der Waals surface area contributed by atoms with Crippen LogP contribution in [0.3, 0.4) is 0 Å². The maximum atomic E-state index is 13.3. The second-order valence-corrected chi connectivity index (χ2v) is 8.56. The number of carbonyl (C=O) groups is 3. The fourth-order valence-electron chi connectivity index (χ4n) is 4.31. The normalized spacial score (nSPS) is 14.6. The summed E-state index contributed by atoms with van der Waals surface area (Å²) in [7, 11) is 3.08. The second-order valence-electron chi connectivity index (χ2n) is 7.61. The van der Waals surface area contributed by atoms with Gasteiger partial charge in [-0.25, -0.2) is 4.79 Å². The van der Waals surface area contributed by atoms with Crippen LogP contribution in [0.2, 0.25) is 0 Å². The zero-order valence-corrected chi connectivity index (χ0v) is 18.3. The first-order valence-electron chi connectivity index (χ1n) is 9.98. The summed E-state index contributed by atoms with van der Waals surface area (Å²) in [6, 6.07) is 3.74. The van der Waals surface area contributed by atoms with Gasteiger partial charge in [0.15, 0.2) is 5.78 Å². The minimum atomic E-state index is -0.467. The number of carbonyl (C=O) groups excluding carboxylic acids is 3. The zero-order valence-electron chi connectivity index (χ0n) is 17.5. The molecule has 1 amide bonds. The highest BCUT2D eigenvalue weighted by Gasteiger charge is 2.31. The molecule has 0 N–H and O–H groups in total. The van der Waals surface area contributed by atoms with E-state index in [1.807, 2.05) is 24.4 Å². The minimum Gasteiger partial charge on any atom is -0.464 e. The molecule has 0 spiro atoms. The minimum absolute atomic E-state index is 0.0215. The Labute approximate surface area is 175 Å². The molecule has 0 radical (unpaired) electrons. The topological polar surface area (TPSA) is 68.6 Å². The van der Waals surface area contributed by atoms with E-state index in [2.05, 4.69) is 0 Å². The Morgan fingerprint density at radius 2 is 1.90 bits per heavy atom. The van der Waals surface area contributed by atoms with Crippen molar-refractivity contribution in [3.8, 4) is 0 Å². The van der Waals surface area contributed by atoms with Gasteiger partial charge in [0.25, 0.3) is 5.91 Å². The average Bonchev–Trinajstić information content (AvgIpc) is 3.33. The van der Waals surface area contributed by atoms with Gasteiger partial charge in [-0.1, -0.05) is 25.3 Å². The van der Waals surface area contributed by atoms with Gasteiger partial charge in [-0.15, -0.1) is 11.3 Å². The van der Waals surface area contributed by atoms with Crippen LogP contribution < -0.4 is 0 Å². The maximum absolute atomic E-state index is 13.3. The highest BCUT2D eigenvalue weighted by atomic mass is 32.1. The molecule has 29 heavy (non-hydrogen) atoms. The van der Waals surface area contributed by atoms with Crippen molar-refractivity contribution in [2.75, 3.05) is 13.7 Å². The second kappa shape index (κ2) is 8.95. The molecule has 0 aromatic carbocycles. The van der Waals surface area contributed by atoms with E-state index in [4.69, 9.17) is 4.74 Å². The van der Waals surface area contributed by atoms with Gasteiger partial charge in [-0.2, -0.15) is 0 Å².